The number of likely N-dealkylation sites (tertiary alicyclic amines) is 1. The summed E-state index contributed by atoms with van der Waals surface area (Å²) in [5.41, 5.74) is 1.15. The van der Waals surface area contributed by atoms with Gasteiger partial charge in [-0.2, -0.15) is 0 Å². The van der Waals surface area contributed by atoms with Crippen LogP contribution < -0.4 is 10.6 Å². The topological polar surface area (TPSA) is 100 Å². The first kappa shape index (κ1) is 18.6. The van der Waals surface area contributed by atoms with Crippen molar-refractivity contribution >= 4 is 11.8 Å². The Balaban J connectivity index is 1.33. The summed E-state index contributed by atoms with van der Waals surface area (Å²) in [7, 11) is 0. The number of amides is 2. The lowest BCUT2D eigenvalue weighted by Gasteiger charge is -2.32. The fraction of sp³-hybridized carbons (Fsp3) is 0.500. The Kier molecular flexibility index (Phi) is 5.66. The average molecular weight is 383 g/mol. The highest BCUT2D eigenvalue weighted by atomic mass is 16.5. The van der Waals surface area contributed by atoms with Gasteiger partial charge in [0.2, 0.25) is 5.91 Å². The van der Waals surface area contributed by atoms with Crippen molar-refractivity contribution in [1.82, 2.24) is 25.7 Å². The molecular formula is C20H25N5O3. The van der Waals surface area contributed by atoms with Gasteiger partial charge in [0.15, 0.2) is 11.5 Å². The van der Waals surface area contributed by atoms with Crippen molar-refractivity contribution < 1.29 is 14.1 Å². The van der Waals surface area contributed by atoms with Gasteiger partial charge in [0, 0.05) is 43.7 Å². The summed E-state index contributed by atoms with van der Waals surface area (Å²) < 4.78 is 5.34. The summed E-state index contributed by atoms with van der Waals surface area (Å²) in [6, 6.07) is 5.23. The second-order valence-electron chi connectivity index (χ2n) is 7.47. The van der Waals surface area contributed by atoms with Crippen molar-refractivity contribution in [2.24, 2.45) is 5.92 Å². The van der Waals surface area contributed by atoms with E-state index in [0.717, 1.165) is 37.8 Å². The summed E-state index contributed by atoms with van der Waals surface area (Å²) in [5, 5.41) is 10.2. The maximum atomic E-state index is 12.8. The van der Waals surface area contributed by atoms with Gasteiger partial charge in [-0.25, -0.2) is 0 Å². The van der Waals surface area contributed by atoms with Crippen molar-refractivity contribution in [3.05, 3.63) is 36.3 Å². The van der Waals surface area contributed by atoms with Crippen LogP contribution in [-0.2, 0) is 4.79 Å². The standard InChI is InChI=1S/C20H25N5O3/c26-19(16-4-1-7-22-16)23-12-14-3-2-10-25(13-14)20(27)17-11-18(28-24-17)15-5-8-21-9-6-15/h5-6,8-9,11,14,16,22H,1-4,7,10,12-13H2,(H,23,26). The molecule has 8 heteroatoms. The Morgan fingerprint density at radius 2 is 2.11 bits per heavy atom. The number of aromatic nitrogens is 2. The van der Waals surface area contributed by atoms with E-state index in [2.05, 4.69) is 20.8 Å². The molecule has 2 unspecified atom stereocenters. The minimum absolute atomic E-state index is 0.0666. The van der Waals surface area contributed by atoms with Gasteiger partial charge in [0.05, 0.1) is 6.04 Å². The maximum absolute atomic E-state index is 12.8. The fourth-order valence-corrected chi connectivity index (χ4v) is 3.88. The SMILES string of the molecule is O=C(NCC1CCCN(C(=O)c2cc(-c3ccncc3)on2)C1)C1CCCN1. The first-order chi connectivity index (χ1) is 13.7. The van der Waals surface area contributed by atoms with Crippen LogP contribution in [0.3, 0.4) is 0 Å². The normalized spacial score (nSPS) is 22.2. The van der Waals surface area contributed by atoms with Crippen LogP contribution in [0.25, 0.3) is 11.3 Å². The zero-order valence-electron chi connectivity index (χ0n) is 15.8. The molecule has 2 aliphatic rings. The quantitative estimate of drug-likeness (QED) is 0.811. The molecule has 2 N–H and O–H groups in total. The monoisotopic (exact) mass is 383 g/mol. The Morgan fingerprint density at radius 3 is 2.89 bits per heavy atom. The van der Waals surface area contributed by atoms with Crippen LogP contribution in [0.1, 0.15) is 36.2 Å². The molecule has 2 aromatic rings. The van der Waals surface area contributed by atoms with Crippen molar-refractivity contribution in [3.8, 4) is 11.3 Å². The number of rotatable bonds is 5. The second-order valence-corrected chi connectivity index (χ2v) is 7.47. The van der Waals surface area contributed by atoms with E-state index in [0.29, 0.717) is 31.1 Å². The number of hydrogen-bond acceptors (Lipinski definition) is 6. The van der Waals surface area contributed by atoms with Gasteiger partial charge in [-0.15, -0.1) is 0 Å². The first-order valence-electron chi connectivity index (χ1n) is 9.88. The van der Waals surface area contributed by atoms with Crippen LogP contribution in [0.15, 0.2) is 35.1 Å². The molecule has 8 nitrogen and oxygen atoms in total. The molecule has 0 radical (unpaired) electrons. The Bertz CT molecular complexity index is 816. The van der Waals surface area contributed by atoms with E-state index in [1.165, 1.54) is 0 Å². The van der Waals surface area contributed by atoms with Crippen LogP contribution in [0, 0.1) is 5.92 Å². The van der Waals surface area contributed by atoms with Gasteiger partial charge < -0.3 is 20.1 Å². The van der Waals surface area contributed by atoms with Crippen LogP contribution in [0.4, 0.5) is 0 Å². The predicted molar refractivity (Wildman–Crippen MR) is 102 cm³/mol. The van der Waals surface area contributed by atoms with E-state index in [1.54, 1.807) is 18.5 Å². The molecule has 2 amide bonds. The number of hydrogen-bond donors (Lipinski definition) is 2. The van der Waals surface area contributed by atoms with E-state index >= 15 is 0 Å². The number of carbonyl (C=O) groups excluding carboxylic acids is 2. The summed E-state index contributed by atoms with van der Waals surface area (Å²) in [6.45, 7) is 2.82. The predicted octanol–water partition coefficient (Wildman–Crippen LogP) is 1.46. The molecule has 0 spiro atoms. The minimum atomic E-state index is -0.127. The van der Waals surface area contributed by atoms with E-state index in [-0.39, 0.29) is 23.8 Å². The molecule has 2 aromatic heterocycles. The summed E-state index contributed by atoms with van der Waals surface area (Å²) in [5.74, 6) is 0.752. The van der Waals surface area contributed by atoms with Crippen molar-refractivity contribution in [1.29, 1.82) is 0 Å². The summed E-state index contributed by atoms with van der Waals surface area (Å²) >= 11 is 0. The first-order valence-corrected chi connectivity index (χ1v) is 9.88. The molecule has 148 valence electrons. The molecule has 0 aromatic carbocycles. The van der Waals surface area contributed by atoms with Gasteiger partial charge >= 0.3 is 0 Å². The van der Waals surface area contributed by atoms with E-state index in [1.807, 2.05) is 17.0 Å². The number of piperidine rings is 1. The minimum Gasteiger partial charge on any atom is -0.355 e. The highest BCUT2D eigenvalue weighted by molar-refractivity contribution is 5.93. The maximum Gasteiger partial charge on any atom is 0.276 e. The highest BCUT2D eigenvalue weighted by Crippen LogP contribution is 2.22. The fourth-order valence-electron chi connectivity index (χ4n) is 3.88. The number of nitrogens with one attached hydrogen (secondary N) is 2. The molecular weight excluding hydrogens is 358 g/mol. The molecule has 2 aliphatic heterocycles. The van der Waals surface area contributed by atoms with Crippen molar-refractivity contribution in [2.75, 3.05) is 26.2 Å². The third kappa shape index (κ3) is 4.22. The molecule has 28 heavy (non-hydrogen) atoms. The summed E-state index contributed by atoms with van der Waals surface area (Å²) in [4.78, 5) is 30.8. The lowest BCUT2D eigenvalue weighted by molar-refractivity contribution is -0.123. The molecule has 2 fully saturated rings. The van der Waals surface area contributed by atoms with Gasteiger partial charge in [0.25, 0.3) is 5.91 Å². The zero-order valence-corrected chi connectivity index (χ0v) is 15.8. The zero-order chi connectivity index (χ0) is 19.3. The van der Waals surface area contributed by atoms with Crippen LogP contribution >= 0.6 is 0 Å². The van der Waals surface area contributed by atoms with Gasteiger partial charge in [-0.1, -0.05) is 5.16 Å². The molecule has 0 bridgehead atoms. The van der Waals surface area contributed by atoms with E-state index < -0.39 is 0 Å². The van der Waals surface area contributed by atoms with Crippen LogP contribution in [0.2, 0.25) is 0 Å². The third-order valence-corrected chi connectivity index (χ3v) is 5.44. The number of carbonyl (C=O) groups is 2. The molecule has 2 atom stereocenters. The van der Waals surface area contributed by atoms with Crippen molar-refractivity contribution in [3.63, 3.8) is 0 Å². The third-order valence-electron chi connectivity index (χ3n) is 5.44. The molecule has 4 heterocycles. The van der Waals surface area contributed by atoms with Crippen LogP contribution in [0.5, 0.6) is 0 Å². The Morgan fingerprint density at radius 1 is 1.25 bits per heavy atom. The van der Waals surface area contributed by atoms with Crippen LogP contribution in [-0.4, -0.2) is 59.1 Å². The number of nitrogens with zero attached hydrogens (tertiary/aromatic N) is 3. The lowest BCUT2D eigenvalue weighted by Crippen LogP contribution is -2.46. The van der Waals surface area contributed by atoms with Gasteiger partial charge in [-0.05, 0) is 50.3 Å². The second kappa shape index (κ2) is 8.52. The van der Waals surface area contributed by atoms with Crippen molar-refractivity contribution in [2.45, 2.75) is 31.7 Å². The van der Waals surface area contributed by atoms with E-state index in [9.17, 15) is 9.59 Å². The molecule has 0 aliphatic carbocycles. The van der Waals surface area contributed by atoms with Gasteiger partial charge in [-0.3, -0.25) is 14.6 Å². The smallest absolute Gasteiger partial charge is 0.276 e. The highest BCUT2D eigenvalue weighted by Gasteiger charge is 2.28. The lowest BCUT2D eigenvalue weighted by atomic mass is 9.97. The molecule has 4 rings (SSSR count). The van der Waals surface area contributed by atoms with E-state index in [4.69, 9.17) is 4.52 Å². The Labute approximate surface area is 163 Å². The Hall–Kier alpha value is -2.74. The molecule has 2 saturated heterocycles. The summed E-state index contributed by atoms with van der Waals surface area (Å²) in [6.07, 6.45) is 7.20. The van der Waals surface area contributed by atoms with Gasteiger partial charge in [0.1, 0.15) is 0 Å². The number of pyridine rings is 1. The molecule has 0 saturated carbocycles. The average Bonchev–Trinajstić information content (AvgIpc) is 3.45. The largest absolute Gasteiger partial charge is 0.355 e.